The largest absolute Gasteiger partial charge is 0.508 e. The van der Waals surface area contributed by atoms with Crippen molar-refractivity contribution in [1.29, 1.82) is 0 Å². The lowest BCUT2D eigenvalue weighted by molar-refractivity contribution is -0.132. The van der Waals surface area contributed by atoms with Gasteiger partial charge in [0, 0.05) is 48.3 Å². The first-order valence-corrected chi connectivity index (χ1v) is 12.4. The molecular formula is C28H32O6. The van der Waals surface area contributed by atoms with E-state index in [-0.39, 0.29) is 53.0 Å². The molecule has 0 saturated heterocycles. The average Bonchev–Trinajstić information content (AvgIpc) is 3.15. The molecule has 3 aliphatic carbocycles. The van der Waals surface area contributed by atoms with Gasteiger partial charge in [-0.1, -0.05) is 18.6 Å². The maximum Gasteiger partial charge on any atom is 0.137 e. The first kappa shape index (κ1) is 22.9. The molecule has 0 amide bonds. The van der Waals surface area contributed by atoms with Crippen molar-refractivity contribution >= 4 is 11.6 Å². The van der Waals surface area contributed by atoms with E-state index in [4.69, 9.17) is 4.74 Å². The Hall–Kier alpha value is -2.86. The molecule has 5 atom stereocenters. The molecule has 3 N–H and O–H groups in total. The number of hydrogen-bond acceptors (Lipinski definition) is 6. The number of fused-ring (bicyclic) bond motifs is 1. The minimum Gasteiger partial charge on any atom is -0.508 e. The smallest absolute Gasteiger partial charge is 0.137 e. The van der Waals surface area contributed by atoms with E-state index < -0.39 is 0 Å². The van der Waals surface area contributed by atoms with Gasteiger partial charge in [0.25, 0.3) is 0 Å². The third-order valence-electron chi connectivity index (χ3n) is 7.90. The summed E-state index contributed by atoms with van der Waals surface area (Å²) in [6, 6.07) is 10.7. The van der Waals surface area contributed by atoms with Crippen molar-refractivity contribution in [3.05, 3.63) is 53.1 Å². The van der Waals surface area contributed by atoms with Crippen LogP contribution in [0.2, 0.25) is 0 Å². The second-order valence-corrected chi connectivity index (χ2v) is 10.3. The minimum absolute atomic E-state index is 0.00316. The highest BCUT2D eigenvalue weighted by Crippen LogP contribution is 2.50. The van der Waals surface area contributed by atoms with Crippen molar-refractivity contribution in [2.75, 3.05) is 0 Å². The van der Waals surface area contributed by atoms with E-state index in [1.807, 2.05) is 24.3 Å². The summed E-state index contributed by atoms with van der Waals surface area (Å²) in [6.45, 7) is 0. The summed E-state index contributed by atoms with van der Waals surface area (Å²) in [5.74, 6) is 1.12. The lowest BCUT2D eigenvalue weighted by atomic mass is 9.76. The fraction of sp³-hybridized carbons (Fsp3) is 0.500. The van der Waals surface area contributed by atoms with Gasteiger partial charge in [0.1, 0.15) is 34.9 Å². The third-order valence-corrected chi connectivity index (χ3v) is 7.90. The van der Waals surface area contributed by atoms with Crippen LogP contribution in [0.5, 0.6) is 17.2 Å². The van der Waals surface area contributed by atoms with Gasteiger partial charge in [-0.25, -0.2) is 0 Å². The normalized spacial score (nSPS) is 29.1. The van der Waals surface area contributed by atoms with Gasteiger partial charge >= 0.3 is 0 Å². The van der Waals surface area contributed by atoms with Gasteiger partial charge in [-0.2, -0.15) is 0 Å². The Bertz CT molecular complexity index is 1090. The van der Waals surface area contributed by atoms with Crippen LogP contribution in [0.15, 0.2) is 36.4 Å². The van der Waals surface area contributed by atoms with E-state index >= 15 is 0 Å². The molecule has 34 heavy (non-hydrogen) atoms. The zero-order valence-corrected chi connectivity index (χ0v) is 19.3. The second kappa shape index (κ2) is 9.41. The summed E-state index contributed by atoms with van der Waals surface area (Å²) in [5, 5.41) is 31.0. The van der Waals surface area contributed by atoms with Crippen LogP contribution in [0.3, 0.4) is 0 Å². The Labute approximate surface area is 199 Å². The highest BCUT2D eigenvalue weighted by Gasteiger charge is 2.42. The molecule has 0 aromatic heterocycles. The number of aromatic hydroxyl groups is 2. The van der Waals surface area contributed by atoms with Crippen molar-refractivity contribution in [2.24, 2.45) is 17.8 Å². The summed E-state index contributed by atoms with van der Waals surface area (Å²) in [4.78, 5) is 24.2. The molecule has 5 rings (SSSR count). The van der Waals surface area contributed by atoms with E-state index in [1.165, 1.54) is 6.07 Å². The number of ether oxygens (including phenoxy) is 1. The van der Waals surface area contributed by atoms with Crippen LogP contribution in [0.4, 0.5) is 0 Å². The van der Waals surface area contributed by atoms with Crippen LogP contribution < -0.4 is 4.74 Å². The number of Topliss-reactive ketones (excluding diaryl/α,β-unsaturated/α-hetero) is 2. The number of phenolic OH excluding ortho intramolecular Hbond substituents is 2. The van der Waals surface area contributed by atoms with Gasteiger partial charge in [0.05, 0.1) is 6.10 Å². The third kappa shape index (κ3) is 4.69. The summed E-state index contributed by atoms with van der Waals surface area (Å²) in [5.41, 5.74) is 2.54. The van der Waals surface area contributed by atoms with Gasteiger partial charge in [-0.3, -0.25) is 9.59 Å². The topological polar surface area (TPSA) is 104 Å². The first-order valence-electron chi connectivity index (χ1n) is 12.4. The number of carbonyl (C=O) groups excluding carboxylic acids is 2. The summed E-state index contributed by atoms with van der Waals surface area (Å²) in [7, 11) is 0. The van der Waals surface area contributed by atoms with Crippen LogP contribution in [-0.4, -0.2) is 33.0 Å². The van der Waals surface area contributed by atoms with Crippen LogP contribution in [0, 0.1) is 17.8 Å². The number of rotatable bonds is 5. The molecule has 6 nitrogen and oxygen atoms in total. The van der Waals surface area contributed by atoms with E-state index in [0.717, 1.165) is 36.0 Å². The number of benzene rings is 2. The van der Waals surface area contributed by atoms with Crippen molar-refractivity contribution in [1.82, 2.24) is 0 Å². The molecule has 180 valence electrons. The Morgan fingerprint density at radius 2 is 1.85 bits per heavy atom. The molecule has 3 aliphatic rings. The predicted molar refractivity (Wildman–Crippen MR) is 126 cm³/mol. The van der Waals surface area contributed by atoms with E-state index in [2.05, 4.69) is 0 Å². The monoisotopic (exact) mass is 464 g/mol. The second-order valence-electron chi connectivity index (χ2n) is 10.3. The quantitative estimate of drug-likeness (QED) is 0.605. The summed E-state index contributed by atoms with van der Waals surface area (Å²) >= 11 is 0. The minimum atomic E-state index is -0.351. The van der Waals surface area contributed by atoms with Gasteiger partial charge < -0.3 is 20.1 Å². The zero-order chi connectivity index (χ0) is 23.8. The predicted octanol–water partition coefficient (Wildman–Crippen LogP) is 4.42. The lowest BCUT2D eigenvalue weighted by Crippen LogP contribution is -2.29. The Kier molecular flexibility index (Phi) is 6.34. The van der Waals surface area contributed by atoms with E-state index in [1.54, 1.807) is 6.07 Å². The zero-order valence-electron chi connectivity index (χ0n) is 19.3. The molecule has 0 spiro atoms. The number of carbonyl (C=O) groups is 2. The highest BCUT2D eigenvalue weighted by atomic mass is 16.5. The van der Waals surface area contributed by atoms with Gasteiger partial charge in [0.15, 0.2) is 0 Å². The number of phenols is 2. The molecular weight excluding hydrogens is 432 g/mol. The molecule has 0 heterocycles. The standard InChI is InChI=1S/C28H32O6/c29-19-5-2-4-17(11-19)23-15-24-25(13-21(31)14-27(24)33)28(23)34-22-6-1-3-16(10-22)9-18-12-20(30)7-8-26(18)32/h1,3,6,10,13-14,17-19,23,28-29,31,33H,2,4-5,7-9,11-12,15H2. The van der Waals surface area contributed by atoms with Crippen molar-refractivity contribution in [3.8, 4) is 17.2 Å². The Morgan fingerprint density at radius 1 is 1.00 bits per heavy atom. The van der Waals surface area contributed by atoms with Crippen LogP contribution in [-0.2, 0) is 22.4 Å². The van der Waals surface area contributed by atoms with Crippen molar-refractivity contribution in [2.45, 2.75) is 70.0 Å². The molecule has 2 aromatic rings. The molecule has 6 heteroatoms. The van der Waals surface area contributed by atoms with Gasteiger partial charge in [-0.05, 0) is 61.8 Å². The fourth-order valence-corrected chi connectivity index (χ4v) is 6.19. The Morgan fingerprint density at radius 3 is 2.68 bits per heavy atom. The molecule has 0 bridgehead atoms. The SMILES string of the molecule is O=C1CCC(=O)C(Cc2cccc(OC3c4cc(O)cc(O)c4CC3C3CCCC(O)C3)c2)C1. The fourth-order valence-electron chi connectivity index (χ4n) is 6.19. The summed E-state index contributed by atoms with van der Waals surface area (Å²) in [6.07, 6.45) is 4.99. The first-order chi connectivity index (χ1) is 16.4. The molecule has 0 radical (unpaired) electrons. The molecule has 2 saturated carbocycles. The molecule has 0 aliphatic heterocycles. The lowest BCUT2D eigenvalue weighted by Gasteiger charge is -2.34. The highest BCUT2D eigenvalue weighted by molar-refractivity contribution is 5.94. The molecule has 5 unspecified atom stereocenters. The van der Waals surface area contributed by atoms with Crippen LogP contribution in [0.1, 0.15) is 67.7 Å². The maximum absolute atomic E-state index is 12.3. The number of aliphatic hydroxyl groups excluding tert-OH is 1. The number of aliphatic hydroxyl groups is 1. The molecule has 2 fully saturated rings. The van der Waals surface area contributed by atoms with Gasteiger partial charge in [-0.15, -0.1) is 0 Å². The molecule has 2 aromatic carbocycles. The number of ketones is 2. The average molecular weight is 465 g/mol. The van der Waals surface area contributed by atoms with Gasteiger partial charge in [0.2, 0.25) is 0 Å². The van der Waals surface area contributed by atoms with Crippen LogP contribution >= 0.6 is 0 Å². The van der Waals surface area contributed by atoms with Crippen molar-refractivity contribution in [3.63, 3.8) is 0 Å². The maximum atomic E-state index is 12.3. The van der Waals surface area contributed by atoms with Crippen LogP contribution in [0.25, 0.3) is 0 Å². The number of hydrogen-bond donors (Lipinski definition) is 3. The van der Waals surface area contributed by atoms with Crippen molar-refractivity contribution < 1.29 is 29.6 Å². The summed E-state index contributed by atoms with van der Waals surface area (Å²) < 4.78 is 6.53. The van der Waals surface area contributed by atoms with E-state index in [0.29, 0.717) is 44.3 Å². The van der Waals surface area contributed by atoms with E-state index in [9.17, 15) is 24.9 Å². The Balaban J connectivity index is 1.40.